The lowest BCUT2D eigenvalue weighted by Gasteiger charge is -2.55. The fourth-order valence-electron chi connectivity index (χ4n) is 5.09. The van der Waals surface area contributed by atoms with Crippen LogP contribution >= 0.6 is 0 Å². The quantitative estimate of drug-likeness (QED) is 0.798. The number of likely N-dealkylation sites (tertiary alicyclic amines) is 1. The summed E-state index contributed by atoms with van der Waals surface area (Å²) in [5.41, 5.74) is 0.795. The van der Waals surface area contributed by atoms with Crippen LogP contribution in [0.25, 0.3) is 0 Å². The van der Waals surface area contributed by atoms with Crippen molar-refractivity contribution in [2.75, 3.05) is 39.3 Å². The Balaban J connectivity index is 1.59. The molecule has 1 amide bonds. The molecular formula is C22H34FN3O2. The number of hydrogen-bond acceptors (Lipinski definition) is 4. The minimum absolute atomic E-state index is 0.00704. The Morgan fingerprint density at radius 3 is 2.46 bits per heavy atom. The number of amides is 1. The molecular weight excluding hydrogens is 357 g/mol. The predicted molar refractivity (Wildman–Crippen MR) is 106 cm³/mol. The Labute approximate surface area is 168 Å². The van der Waals surface area contributed by atoms with E-state index < -0.39 is 11.6 Å². The second-order valence-corrected chi connectivity index (χ2v) is 9.46. The molecule has 2 fully saturated rings. The molecule has 2 saturated heterocycles. The number of carbonyl (C=O) groups excluding carboxylic acids is 1. The molecule has 2 heterocycles. The molecule has 2 atom stereocenters. The van der Waals surface area contributed by atoms with Gasteiger partial charge < -0.3 is 15.2 Å². The van der Waals surface area contributed by atoms with Crippen LogP contribution in [0.5, 0.6) is 0 Å². The molecule has 5 nitrogen and oxygen atoms in total. The lowest BCUT2D eigenvalue weighted by atomic mass is 9.89. The molecule has 1 aromatic carbocycles. The Hall–Kier alpha value is -1.50. The number of benzene rings is 1. The zero-order valence-corrected chi connectivity index (χ0v) is 17.4. The van der Waals surface area contributed by atoms with E-state index in [9.17, 15) is 14.3 Å². The lowest BCUT2D eigenvalue weighted by molar-refractivity contribution is -0.942. The maximum absolute atomic E-state index is 13.1. The van der Waals surface area contributed by atoms with E-state index in [0.717, 1.165) is 38.9 Å². The SMILES string of the molecule is CC(C)(C)[N+]1(C(=O)[O-])CCNCC1CN1CCC(Cc2ccc(F)cc2)CC1. The van der Waals surface area contributed by atoms with Gasteiger partial charge in [0.05, 0.1) is 18.6 Å². The van der Waals surface area contributed by atoms with E-state index in [1.54, 1.807) is 0 Å². The van der Waals surface area contributed by atoms with Crippen molar-refractivity contribution >= 4 is 6.09 Å². The highest BCUT2D eigenvalue weighted by atomic mass is 19.1. The molecule has 0 bridgehead atoms. The first kappa shape index (κ1) is 21.2. The normalized spacial score (nSPS) is 27.6. The average Bonchev–Trinajstić information content (AvgIpc) is 2.64. The lowest BCUT2D eigenvalue weighted by Crippen LogP contribution is -2.78. The zero-order chi connectivity index (χ0) is 20.4. The summed E-state index contributed by atoms with van der Waals surface area (Å²) >= 11 is 0. The van der Waals surface area contributed by atoms with Gasteiger partial charge >= 0.3 is 0 Å². The molecule has 2 aliphatic heterocycles. The number of piperidine rings is 1. The second kappa shape index (κ2) is 8.47. The highest BCUT2D eigenvalue weighted by Gasteiger charge is 2.50. The van der Waals surface area contributed by atoms with Crippen molar-refractivity contribution in [1.82, 2.24) is 10.2 Å². The minimum Gasteiger partial charge on any atom is -0.498 e. The van der Waals surface area contributed by atoms with Crippen molar-refractivity contribution in [3.63, 3.8) is 0 Å². The summed E-state index contributed by atoms with van der Waals surface area (Å²) in [6.45, 7) is 10.8. The van der Waals surface area contributed by atoms with Crippen LogP contribution in [0, 0.1) is 11.7 Å². The van der Waals surface area contributed by atoms with Crippen LogP contribution in [0.1, 0.15) is 39.2 Å². The maximum atomic E-state index is 13.1. The van der Waals surface area contributed by atoms with Gasteiger partial charge in [-0.25, -0.2) is 4.39 Å². The monoisotopic (exact) mass is 391 g/mol. The number of carboxylic acid groups (broad SMARTS) is 1. The molecule has 156 valence electrons. The third-order valence-corrected chi connectivity index (χ3v) is 6.78. The van der Waals surface area contributed by atoms with Crippen LogP contribution in [0.15, 0.2) is 24.3 Å². The molecule has 0 aromatic heterocycles. The van der Waals surface area contributed by atoms with Gasteiger partial charge in [-0.15, -0.1) is 0 Å². The van der Waals surface area contributed by atoms with Crippen LogP contribution in [0.4, 0.5) is 9.18 Å². The number of rotatable bonds is 4. The highest BCUT2D eigenvalue weighted by Crippen LogP contribution is 2.31. The Morgan fingerprint density at radius 1 is 1.25 bits per heavy atom. The molecule has 2 aliphatic rings. The molecule has 1 N–H and O–H groups in total. The molecule has 28 heavy (non-hydrogen) atoms. The number of halogens is 1. The summed E-state index contributed by atoms with van der Waals surface area (Å²) in [6.07, 6.45) is 2.22. The largest absolute Gasteiger partial charge is 0.498 e. The summed E-state index contributed by atoms with van der Waals surface area (Å²) in [5, 5.41) is 15.6. The predicted octanol–water partition coefficient (Wildman–Crippen LogP) is 2.01. The van der Waals surface area contributed by atoms with Gasteiger partial charge in [0.25, 0.3) is 6.09 Å². The zero-order valence-electron chi connectivity index (χ0n) is 17.4. The van der Waals surface area contributed by atoms with Crippen molar-refractivity contribution in [3.05, 3.63) is 35.6 Å². The van der Waals surface area contributed by atoms with Gasteiger partial charge in [-0.05, 0) is 76.7 Å². The standard InChI is InChI=1S/C22H34FN3O2/c1-22(2,3)26(21(27)28)13-10-24-15-20(26)16-25-11-8-18(9-12-25)14-17-4-6-19(23)7-5-17/h4-7,18,20,24H,8-16H2,1-3H3. The van der Waals surface area contributed by atoms with Gasteiger partial charge in [0.2, 0.25) is 0 Å². The Bertz CT molecular complexity index is 665. The van der Waals surface area contributed by atoms with Crippen LogP contribution in [0.3, 0.4) is 0 Å². The summed E-state index contributed by atoms with van der Waals surface area (Å²) < 4.78 is 13.1. The maximum Gasteiger partial charge on any atom is 0.258 e. The van der Waals surface area contributed by atoms with Crippen LogP contribution < -0.4 is 10.4 Å². The molecule has 6 heteroatoms. The van der Waals surface area contributed by atoms with Crippen molar-refractivity contribution < 1.29 is 18.8 Å². The van der Waals surface area contributed by atoms with Crippen LogP contribution in [0.2, 0.25) is 0 Å². The van der Waals surface area contributed by atoms with Gasteiger partial charge in [-0.2, -0.15) is 0 Å². The van der Waals surface area contributed by atoms with E-state index in [-0.39, 0.29) is 16.3 Å². The average molecular weight is 392 g/mol. The van der Waals surface area contributed by atoms with Crippen molar-refractivity contribution in [1.29, 1.82) is 0 Å². The summed E-state index contributed by atoms with van der Waals surface area (Å²) in [6, 6.07) is 6.82. The number of quaternary nitrogens is 1. The van der Waals surface area contributed by atoms with Gasteiger partial charge in [0, 0.05) is 13.1 Å². The third kappa shape index (κ3) is 4.39. The Morgan fingerprint density at radius 2 is 1.89 bits per heavy atom. The fraction of sp³-hybridized carbons (Fsp3) is 0.682. The second-order valence-electron chi connectivity index (χ2n) is 9.46. The van der Waals surface area contributed by atoms with E-state index in [2.05, 4.69) is 10.2 Å². The molecule has 0 aliphatic carbocycles. The number of nitrogens with one attached hydrogen (secondary N) is 1. The first-order valence-corrected chi connectivity index (χ1v) is 10.5. The van der Waals surface area contributed by atoms with Gasteiger partial charge in [-0.3, -0.25) is 9.38 Å². The van der Waals surface area contributed by atoms with E-state index in [1.807, 2.05) is 32.9 Å². The number of hydrogen-bond donors (Lipinski definition) is 1. The van der Waals surface area contributed by atoms with Crippen molar-refractivity contribution in [2.24, 2.45) is 5.92 Å². The molecule has 0 saturated carbocycles. The first-order valence-electron chi connectivity index (χ1n) is 10.5. The number of carbonyl (C=O) groups is 1. The number of piperazine rings is 1. The highest BCUT2D eigenvalue weighted by molar-refractivity contribution is 5.55. The van der Waals surface area contributed by atoms with Crippen molar-refractivity contribution in [2.45, 2.75) is 51.6 Å². The van der Waals surface area contributed by atoms with Gasteiger partial charge in [0.15, 0.2) is 0 Å². The molecule has 0 spiro atoms. The number of nitrogens with zero attached hydrogens (tertiary/aromatic N) is 2. The molecule has 1 aromatic rings. The van der Waals surface area contributed by atoms with Crippen LogP contribution in [-0.4, -0.2) is 66.3 Å². The van der Waals surface area contributed by atoms with E-state index >= 15 is 0 Å². The van der Waals surface area contributed by atoms with Crippen molar-refractivity contribution in [3.8, 4) is 0 Å². The Kier molecular flexibility index (Phi) is 6.42. The molecule has 2 unspecified atom stereocenters. The van der Waals surface area contributed by atoms with E-state index in [4.69, 9.17) is 0 Å². The summed E-state index contributed by atoms with van der Waals surface area (Å²) in [7, 11) is 0. The van der Waals surface area contributed by atoms with E-state index in [0.29, 0.717) is 25.6 Å². The van der Waals surface area contributed by atoms with Crippen LogP contribution in [-0.2, 0) is 6.42 Å². The summed E-state index contributed by atoms with van der Waals surface area (Å²) in [5.74, 6) is 0.419. The van der Waals surface area contributed by atoms with E-state index in [1.165, 1.54) is 17.7 Å². The van der Waals surface area contributed by atoms with Gasteiger partial charge in [0.1, 0.15) is 11.9 Å². The molecule has 0 radical (unpaired) electrons. The molecule has 3 rings (SSSR count). The fourth-order valence-corrected chi connectivity index (χ4v) is 5.09. The minimum atomic E-state index is -0.954. The summed E-state index contributed by atoms with van der Waals surface area (Å²) in [4.78, 5) is 14.7. The topological polar surface area (TPSA) is 55.4 Å². The van der Waals surface area contributed by atoms with Gasteiger partial charge in [-0.1, -0.05) is 12.1 Å². The smallest absolute Gasteiger partial charge is 0.258 e. The first-order chi connectivity index (χ1) is 13.2. The third-order valence-electron chi connectivity index (χ3n) is 6.78.